The minimum absolute atomic E-state index is 0.158. The average Bonchev–Trinajstić information content (AvgIpc) is 2.63. The Hall–Kier alpha value is -1.40. The fourth-order valence-corrected chi connectivity index (χ4v) is 1.10. The smallest absolute Gasteiger partial charge is 0.338 e. The van der Waals surface area contributed by atoms with Gasteiger partial charge in [-0.05, 0) is 6.92 Å². The number of aliphatic hydroxyl groups is 2. The van der Waals surface area contributed by atoms with Crippen LogP contribution in [0.3, 0.4) is 0 Å². The number of aromatic nitrogens is 2. The molecule has 0 aliphatic rings. The number of carbonyl (C=O) groups is 1. The van der Waals surface area contributed by atoms with Crippen molar-refractivity contribution in [3.8, 4) is 0 Å². The Morgan fingerprint density at radius 1 is 1.67 bits per heavy atom. The summed E-state index contributed by atoms with van der Waals surface area (Å²) in [6.45, 7) is 1.78. The molecule has 0 aromatic carbocycles. The van der Waals surface area contributed by atoms with Gasteiger partial charge in [0.1, 0.15) is 6.10 Å². The molecule has 0 amide bonds. The van der Waals surface area contributed by atoms with Gasteiger partial charge in [-0.2, -0.15) is 0 Å². The lowest BCUT2D eigenvalue weighted by Crippen LogP contribution is -2.30. The van der Waals surface area contributed by atoms with Crippen LogP contribution in [0.15, 0.2) is 12.5 Å². The molecule has 6 nitrogen and oxygen atoms in total. The highest BCUT2D eigenvalue weighted by Gasteiger charge is 2.28. The SMILES string of the molecule is CCOC(=O)C(O)C(O)c1cn(C)cn1. The van der Waals surface area contributed by atoms with Gasteiger partial charge >= 0.3 is 5.97 Å². The molecule has 6 heteroatoms. The summed E-state index contributed by atoms with van der Waals surface area (Å²) in [6, 6.07) is 0. The first-order chi connectivity index (χ1) is 7.06. The highest BCUT2D eigenvalue weighted by Crippen LogP contribution is 2.15. The zero-order chi connectivity index (χ0) is 11.4. The highest BCUT2D eigenvalue weighted by atomic mass is 16.5. The molecule has 84 valence electrons. The summed E-state index contributed by atoms with van der Waals surface area (Å²) >= 11 is 0. The lowest BCUT2D eigenvalue weighted by Gasteiger charge is -2.14. The van der Waals surface area contributed by atoms with Crippen LogP contribution in [-0.2, 0) is 16.6 Å². The molecule has 1 aromatic rings. The van der Waals surface area contributed by atoms with Crippen molar-refractivity contribution in [2.45, 2.75) is 19.1 Å². The van der Waals surface area contributed by atoms with Gasteiger partial charge < -0.3 is 19.5 Å². The summed E-state index contributed by atoms with van der Waals surface area (Å²) in [6.07, 6.45) is 0.0360. The molecule has 0 radical (unpaired) electrons. The summed E-state index contributed by atoms with van der Waals surface area (Å²) in [5.41, 5.74) is 0.234. The lowest BCUT2D eigenvalue weighted by molar-refractivity contribution is -0.159. The first-order valence-electron chi connectivity index (χ1n) is 4.57. The van der Waals surface area contributed by atoms with Gasteiger partial charge in [0.05, 0.1) is 18.6 Å². The molecular formula is C9H14N2O4. The largest absolute Gasteiger partial charge is 0.464 e. The van der Waals surface area contributed by atoms with E-state index in [1.165, 1.54) is 12.5 Å². The Kier molecular flexibility index (Phi) is 3.81. The molecule has 2 unspecified atom stereocenters. The second-order valence-corrected chi connectivity index (χ2v) is 3.11. The van der Waals surface area contributed by atoms with Gasteiger partial charge in [0.15, 0.2) is 6.10 Å². The third-order valence-corrected chi connectivity index (χ3v) is 1.86. The predicted octanol–water partition coefficient (Wildman–Crippen LogP) is -0.623. The molecule has 0 aliphatic heterocycles. The van der Waals surface area contributed by atoms with Crippen LogP contribution in [0.25, 0.3) is 0 Å². The number of ether oxygens (including phenoxy) is 1. The first kappa shape index (κ1) is 11.7. The molecule has 1 aromatic heterocycles. The van der Waals surface area contributed by atoms with Gasteiger partial charge in [-0.15, -0.1) is 0 Å². The second kappa shape index (κ2) is 4.90. The molecule has 1 rings (SSSR count). The van der Waals surface area contributed by atoms with Crippen LogP contribution >= 0.6 is 0 Å². The van der Waals surface area contributed by atoms with Crippen molar-refractivity contribution in [1.29, 1.82) is 0 Å². The Morgan fingerprint density at radius 2 is 2.33 bits per heavy atom. The van der Waals surface area contributed by atoms with Gasteiger partial charge in [0, 0.05) is 13.2 Å². The highest BCUT2D eigenvalue weighted by molar-refractivity contribution is 5.75. The van der Waals surface area contributed by atoms with E-state index in [0.717, 1.165) is 0 Å². The van der Waals surface area contributed by atoms with E-state index in [2.05, 4.69) is 9.72 Å². The van der Waals surface area contributed by atoms with Crippen molar-refractivity contribution in [2.75, 3.05) is 6.61 Å². The van der Waals surface area contributed by atoms with Crippen molar-refractivity contribution in [3.05, 3.63) is 18.2 Å². The van der Waals surface area contributed by atoms with Gasteiger partial charge in [-0.1, -0.05) is 0 Å². The van der Waals surface area contributed by atoms with Crippen LogP contribution in [0.4, 0.5) is 0 Å². The van der Waals surface area contributed by atoms with Crippen LogP contribution < -0.4 is 0 Å². The van der Waals surface area contributed by atoms with Crippen molar-refractivity contribution in [1.82, 2.24) is 9.55 Å². The van der Waals surface area contributed by atoms with Crippen LogP contribution in [0.2, 0.25) is 0 Å². The third-order valence-electron chi connectivity index (χ3n) is 1.86. The number of rotatable bonds is 4. The molecule has 0 aliphatic carbocycles. The number of hydrogen-bond acceptors (Lipinski definition) is 5. The normalized spacial score (nSPS) is 14.7. The van der Waals surface area contributed by atoms with E-state index in [9.17, 15) is 15.0 Å². The average molecular weight is 214 g/mol. The Balaban J connectivity index is 2.67. The van der Waals surface area contributed by atoms with Gasteiger partial charge in [0.25, 0.3) is 0 Å². The molecule has 0 saturated heterocycles. The maximum absolute atomic E-state index is 11.1. The summed E-state index contributed by atoms with van der Waals surface area (Å²) in [5.74, 6) is -0.851. The molecule has 15 heavy (non-hydrogen) atoms. The van der Waals surface area contributed by atoms with Crippen molar-refractivity contribution < 1.29 is 19.7 Å². The fourth-order valence-electron chi connectivity index (χ4n) is 1.10. The molecule has 0 fully saturated rings. The van der Waals surface area contributed by atoms with Crippen LogP contribution in [0.5, 0.6) is 0 Å². The van der Waals surface area contributed by atoms with Crippen molar-refractivity contribution in [3.63, 3.8) is 0 Å². The fraction of sp³-hybridized carbons (Fsp3) is 0.556. The van der Waals surface area contributed by atoms with Crippen molar-refractivity contribution >= 4 is 5.97 Å². The quantitative estimate of drug-likeness (QED) is 0.652. The molecule has 0 saturated carbocycles. The van der Waals surface area contributed by atoms with Gasteiger partial charge in [0.2, 0.25) is 0 Å². The predicted molar refractivity (Wildman–Crippen MR) is 50.8 cm³/mol. The minimum atomic E-state index is -1.60. The minimum Gasteiger partial charge on any atom is -0.464 e. The van der Waals surface area contributed by atoms with Gasteiger partial charge in [-0.3, -0.25) is 0 Å². The van der Waals surface area contributed by atoms with E-state index >= 15 is 0 Å². The second-order valence-electron chi connectivity index (χ2n) is 3.11. The van der Waals surface area contributed by atoms with Crippen LogP contribution in [0, 0.1) is 0 Å². The van der Waals surface area contributed by atoms with E-state index in [1.54, 1.807) is 18.5 Å². The molecule has 2 atom stereocenters. The summed E-state index contributed by atoms with van der Waals surface area (Å²) in [7, 11) is 1.72. The number of esters is 1. The Morgan fingerprint density at radius 3 is 2.80 bits per heavy atom. The van der Waals surface area contributed by atoms with E-state index in [1.807, 2.05) is 0 Å². The topological polar surface area (TPSA) is 84.6 Å². The molecule has 0 spiro atoms. The van der Waals surface area contributed by atoms with E-state index in [0.29, 0.717) is 0 Å². The zero-order valence-electron chi connectivity index (χ0n) is 8.62. The lowest BCUT2D eigenvalue weighted by atomic mass is 10.1. The standard InChI is InChI=1S/C9H14N2O4/c1-3-15-9(14)8(13)7(12)6-4-11(2)5-10-6/h4-5,7-8,12-13H,3H2,1-2H3. The number of aryl methyl sites for hydroxylation is 1. The number of hydrogen-bond donors (Lipinski definition) is 2. The zero-order valence-corrected chi connectivity index (χ0v) is 8.62. The Labute approximate surface area is 87.1 Å². The number of nitrogens with zero attached hydrogens (tertiary/aromatic N) is 2. The van der Waals surface area contributed by atoms with Crippen LogP contribution in [0.1, 0.15) is 18.7 Å². The van der Waals surface area contributed by atoms with E-state index in [4.69, 9.17) is 0 Å². The number of carbonyl (C=O) groups excluding carboxylic acids is 1. The number of aliphatic hydroxyl groups excluding tert-OH is 2. The van der Waals surface area contributed by atoms with Crippen molar-refractivity contribution in [2.24, 2.45) is 7.05 Å². The maximum atomic E-state index is 11.1. The first-order valence-corrected chi connectivity index (χ1v) is 4.57. The monoisotopic (exact) mass is 214 g/mol. The summed E-state index contributed by atoms with van der Waals surface area (Å²) in [4.78, 5) is 14.9. The molecule has 0 bridgehead atoms. The Bertz CT molecular complexity index is 337. The van der Waals surface area contributed by atoms with Gasteiger partial charge in [-0.25, -0.2) is 9.78 Å². The summed E-state index contributed by atoms with van der Waals surface area (Å²) in [5, 5.41) is 19.0. The van der Waals surface area contributed by atoms with E-state index in [-0.39, 0.29) is 12.3 Å². The maximum Gasteiger partial charge on any atom is 0.338 e. The van der Waals surface area contributed by atoms with E-state index < -0.39 is 18.2 Å². The molecule has 1 heterocycles. The van der Waals surface area contributed by atoms with Crippen LogP contribution in [-0.4, -0.2) is 38.4 Å². The third kappa shape index (κ3) is 2.77. The molecular weight excluding hydrogens is 200 g/mol. The summed E-state index contributed by atoms with van der Waals surface area (Å²) < 4.78 is 6.18. The number of imidazole rings is 1. The molecule has 2 N–H and O–H groups in total.